The van der Waals surface area contributed by atoms with Crippen LogP contribution >= 0.6 is 27.5 Å². The van der Waals surface area contributed by atoms with Crippen molar-refractivity contribution in [2.45, 2.75) is 0 Å². The zero-order valence-corrected chi connectivity index (χ0v) is 11.2. The van der Waals surface area contributed by atoms with Crippen molar-refractivity contribution >= 4 is 27.5 Å². The van der Waals surface area contributed by atoms with Crippen molar-refractivity contribution in [3.05, 3.63) is 40.2 Å². The van der Waals surface area contributed by atoms with Gasteiger partial charge in [0, 0.05) is 12.4 Å². The molecule has 1 heterocycles. The van der Waals surface area contributed by atoms with Gasteiger partial charge < -0.3 is 9.47 Å². The number of methoxy groups -OCH3 is 1. The van der Waals surface area contributed by atoms with Crippen LogP contribution in [-0.2, 0) is 0 Å². The van der Waals surface area contributed by atoms with Crippen molar-refractivity contribution in [3.63, 3.8) is 0 Å². The summed E-state index contributed by atoms with van der Waals surface area (Å²) in [5.74, 6) is 1.59. The van der Waals surface area contributed by atoms with E-state index in [9.17, 15) is 0 Å². The molecule has 4 nitrogen and oxygen atoms in total. The highest BCUT2D eigenvalue weighted by molar-refractivity contribution is 9.10. The molecule has 2 rings (SSSR count). The molecule has 6 heteroatoms. The van der Waals surface area contributed by atoms with Crippen molar-refractivity contribution in [1.82, 2.24) is 9.97 Å². The minimum atomic E-state index is 0.218. The first-order valence-electron chi connectivity index (χ1n) is 4.68. The number of nitrogens with zero attached hydrogens (tertiary/aromatic N) is 2. The van der Waals surface area contributed by atoms with Crippen LogP contribution in [0.1, 0.15) is 0 Å². The van der Waals surface area contributed by atoms with E-state index in [4.69, 9.17) is 21.1 Å². The molecule has 0 amide bonds. The van der Waals surface area contributed by atoms with E-state index in [0.717, 1.165) is 10.2 Å². The third kappa shape index (κ3) is 2.87. The Hall–Kier alpha value is -1.33. The van der Waals surface area contributed by atoms with Gasteiger partial charge in [-0.3, -0.25) is 0 Å². The van der Waals surface area contributed by atoms with E-state index in [1.165, 1.54) is 12.4 Å². The Bertz CT molecular complexity index is 537. The maximum atomic E-state index is 5.85. The number of benzene rings is 1. The molecule has 0 bridgehead atoms. The van der Waals surface area contributed by atoms with E-state index >= 15 is 0 Å². The van der Waals surface area contributed by atoms with Crippen LogP contribution in [0.5, 0.6) is 17.4 Å². The van der Waals surface area contributed by atoms with Crippen molar-refractivity contribution in [1.29, 1.82) is 0 Å². The normalized spacial score (nSPS) is 10.1. The first-order valence-corrected chi connectivity index (χ1v) is 5.85. The van der Waals surface area contributed by atoms with Gasteiger partial charge in [0.25, 0.3) is 5.88 Å². The fraction of sp³-hybridized carbons (Fsp3) is 0.0909. The predicted octanol–water partition coefficient (Wildman–Crippen LogP) is 3.69. The van der Waals surface area contributed by atoms with E-state index in [2.05, 4.69) is 25.9 Å². The number of hydrogen-bond donors (Lipinski definition) is 0. The summed E-state index contributed by atoms with van der Waals surface area (Å²) in [5.41, 5.74) is 0. The summed E-state index contributed by atoms with van der Waals surface area (Å²) >= 11 is 9.22. The molecule has 0 saturated heterocycles. The summed E-state index contributed by atoms with van der Waals surface area (Å²) in [5, 5.41) is 0.218. The highest BCUT2D eigenvalue weighted by atomic mass is 79.9. The molecule has 0 aliphatic heterocycles. The van der Waals surface area contributed by atoms with Gasteiger partial charge >= 0.3 is 0 Å². The zero-order chi connectivity index (χ0) is 12.3. The second kappa shape index (κ2) is 5.33. The molecule has 0 N–H and O–H groups in total. The third-order valence-electron chi connectivity index (χ3n) is 1.97. The first kappa shape index (κ1) is 12.1. The van der Waals surface area contributed by atoms with Gasteiger partial charge in [-0.05, 0) is 34.1 Å². The Labute approximate surface area is 112 Å². The lowest BCUT2D eigenvalue weighted by molar-refractivity contribution is 0.411. The SMILES string of the molecule is COc1ccc(Oc2nccnc2Cl)c(Br)c1. The smallest absolute Gasteiger partial charge is 0.257 e. The monoisotopic (exact) mass is 314 g/mol. The second-order valence-electron chi connectivity index (χ2n) is 3.05. The Morgan fingerprint density at radius 1 is 1.24 bits per heavy atom. The number of aromatic nitrogens is 2. The summed E-state index contributed by atoms with van der Waals surface area (Å²) in [6.07, 6.45) is 3.01. The lowest BCUT2D eigenvalue weighted by Crippen LogP contribution is -1.91. The molecule has 0 fully saturated rings. The average Bonchev–Trinajstić information content (AvgIpc) is 2.34. The average molecular weight is 316 g/mol. The second-order valence-corrected chi connectivity index (χ2v) is 4.26. The molecule has 0 atom stereocenters. The molecule has 88 valence electrons. The Morgan fingerprint density at radius 2 is 2.00 bits per heavy atom. The lowest BCUT2D eigenvalue weighted by atomic mass is 10.3. The summed E-state index contributed by atoms with van der Waals surface area (Å²) < 4.78 is 11.4. The van der Waals surface area contributed by atoms with Crippen LogP contribution in [0.15, 0.2) is 35.1 Å². The summed E-state index contributed by atoms with van der Waals surface area (Å²) in [7, 11) is 1.60. The van der Waals surface area contributed by atoms with Gasteiger partial charge in [-0.25, -0.2) is 9.97 Å². The maximum Gasteiger partial charge on any atom is 0.257 e. The van der Waals surface area contributed by atoms with Crippen LogP contribution in [0.25, 0.3) is 0 Å². The van der Waals surface area contributed by atoms with Gasteiger partial charge in [0.2, 0.25) is 0 Å². The minimum absolute atomic E-state index is 0.218. The van der Waals surface area contributed by atoms with Crippen LogP contribution in [0.2, 0.25) is 5.15 Å². The lowest BCUT2D eigenvalue weighted by Gasteiger charge is -2.08. The van der Waals surface area contributed by atoms with E-state index < -0.39 is 0 Å². The number of halogens is 2. The fourth-order valence-corrected chi connectivity index (χ4v) is 1.75. The van der Waals surface area contributed by atoms with Crippen molar-refractivity contribution in [3.8, 4) is 17.4 Å². The standard InChI is InChI=1S/C11H8BrClN2O2/c1-16-7-2-3-9(8(12)6-7)17-11-10(13)14-4-5-15-11/h2-6H,1H3. The van der Waals surface area contributed by atoms with E-state index in [1.54, 1.807) is 25.3 Å². The van der Waals surface area contributed by atoms with E-state index in [-0.39, 0.29) is 11.0 Å². The Morgan fingerprint density at radius 3 is 2.65 bits per heavy atom. The molecule has 0 spiro atoms. The van der Waals surface area contributed by atoms with Crippen LogP contribution in [0.3, 0.4) is 0 Å². The first-order chi connectivity index (χ1) is 8.20. The molecule has 0 radical (unpaired) electrons. The summed E-state index contributed by atoms with van der Waals surface area (Å²) in [6.45, 7) is 0. The van der Waals surface area contributed by atoms with Gasteiger partial charge in [-0.15, -0.1) is 0 Å². The quantitative estimate of drug-likeness (QED) is 0.866. The van der Waals surface area contributed by atoms with E-state index in [1.807, 2.05) is 0 Å². The molecule has 0 aliphatic rings. The molecule has 0 aliphatic carbocycles. The van der Waals surface area contributed by atoms with Gasteiger partial charge in [-0.1, -0.05) is 11.6 Å². The van der Waals surface area contributed by atoms with Crippen molar-refractivity contribution in [2.75, 3.05) is 7.11 Å². The van der Waals surface area contributed by atoms with Crippen molar-refractivity contribution in [2.24, 2.45) is 0 Å². The van der Waals surface area contributed by atoms with Crippen molar-refractivity contribution < 1.29 is 9.47 Å². The minimum Gasteiger partial charge on any atom is -0.497 e. The molecule has 2 aromatic rings. The van der Waals surface area contributed by atoms with E-state index in [0.29, 0.717) is 5.75 Å². The molecule has 17 heavy (non-hydrogen) atoms. The molecule has 1 aromatic carbocycles. The van der Waals surface area contributed by atoms with Crippen LogP contribution in [-0.4, -0.2) is 17.1 Å². The highest BCUT2D eigenvalue weighted by Gasteiger charge is 2.08. The number of rotatable bonds is 3. The molecule has 1 aromatic heterocycles. The molecular formula is C11H8BrClN2O2. The molecule has 0 unspecified atom stereocenters. The Balaban J connectivity index is 2.28. The van der Waals surface area contributed by atoms with Gasteiger partial charge in [0.05, 0.1) is 11.6 Å². The number of ether oxygens (including phenoxy) is 2. The molecule has 0 saturated carbocycles. The van der Waals surface area contributed by atoms with Crippen LogP contribution < -0.4 is 9.47 Å². The number of hydrogen-bond acceptors (Lipinski definition) is 4. The third-order valence-corrected chi connectivity index (χ3v) is 2.85. The van der Waals surface area contributed by atoms with Crippen LogP contribution in [0, 0.1) is 0 Å². The summed E-state index contributed by atoms with van der Waals surface area (Å²) in [4.78, 5) is 7.87. The van der Waals surface area contributed by atoms with Crippen LogP contribution in [0.4, 0.5) is 0 Å². The highest BCUT2D eigenvalue weighted by Crippen LogP contribution is 2.33. The fourth-order valence-electron chi connectivity index (χ4n) is 1.17. The van der Waals surface area contributed by atoms with Gasteiger partial charge in [-0.2, -0.15) is 0 Å². The Kier molecular flexibility index (Phi) is 3.81. The largest absolute Gasteiger partial charge is 0.497 e. The maximum absolute atomic E-state index is 5.85. The van der Waals surface area contributed by atoms with Gasteiger partial charge in [0.1, 0.15) is 11.5 Å². The topological polar surface area (TPSA) is 44.2 Å². The summed E-state index contributed by atoms with van der Waals surface area (Å²) in [6, 6.07) is 5.33. The molecular weight excluding hydrogens is 307 g/mol. The zero-order valence-electron chi connectivity index (χ0n) is 8.85. The van der Waals surface area contributed by atoms with Gasteiger partial charge in [0.15, 0.2) is 5.15 Å². The predicted molar refractivity (Wildman–Crippen MR) is 67.8 cm³/mol.